The topological polar surface area (TPSA) is 29.1 Å². The maximum atomic E-state index is 12.8. The van der Waals surface area contributed by atoms with Crippen molar-refractivity contribution >= 4 is 55.4 Å². The van der Waals surface area contributed by atoms with Gasteiger partial charge in [0.2, 0.25) is 0 Å². The summed E-state index contributed by atoms with van der Waals surface area (Å²) in [5, 5.41) is 6.68. The Morgan fingerprint density at radius 2 is 1.80 bits per heavy atom. The number of carbonyl (C=O) groups excluding carboxylic acids is 1. The molecule has 0 saturated carbocycles. The maximum Gasteiger partial charge on any atom is 0.267 e. The van der Waals surface area contributed by atoms with Crippen LogP contribution in [0.25, 0.3) is 20.9 Å². The van der Waals surface area contributed by atoms with E-state index in [4.69, 9.17) is 11.6 Å². The third-order valence-corrected chi connectivity index (χ3v) is 6.22. The molecule has 0 saturated heterocycles. The van der Waals surface area contributed by atoms with Crippen LogP contribution in [0.3, 0.4) is 0 Å². The van der Waals surface area contributed by atoms with Crippen molar-refractivity contribution in [3.63, 3.8) is 0 Å². The number of hydrogen-bond donors (Lipinski definition) is 1. The van der Waals surface area contributed by atoms with Gasteiger partial charge in [0.05, 0.1) is 5.02 Å². The van der Waals surface area contributed by atoms with Crippen molar-refractivity contribution in [2.45, 2.75) is 13.8 Å². The van der Waals surface area contributed by atoms with E-state index in [1.54, 1.807) is 0 Å². The Balaban J connectivity index is 1.81. The van der Waals surface area contributed by atoms with Crippen LogP contribution in [0.15, 0.2) is 54.6 Å². The summed E-state index contributed by atoms with van der Waals surface area (Å²) in [6, 6.07) is 18.1. The number of amides is 1. The van der Waals surface area contributed by atoms with Crippen LogP contribution in [0.4, 0.5) is 5.69 Å². The van der Waals surface area contributed by atoms with Crippen molar-refractivity contribution in [2.75, 3.05) is 5.32 Å². The molecule has 25 heavy (non-hydrogen) atoms. The zero-order chi connectivity index (χ0) is 17.6. The molecule has 1 heterocycles. The summed E-state index contributed by atoms with van der Waals surface area (Å²) in [6.45, 7) is 4.04. The molecule has 0 atom stereocenters. The number of benzene rings is 3. The van der Waals surface area contributed by atoms with Gasteiger partial charge in [-0.3, -0.25) is 4.79 Å². The number of nitrogens with one attached hydrogen (secondary N) is 1. The lowest BCUT2D eigenvalue weighted by Crippen LogP contribution is -2.12. The number of halogens is 1. The van der Waals surface area contributed by atoms with Crippen molar-refractivity contribution < 1.29 is 4.79 Å². The number of rotatable bonds is 2. The summed E-state index contributed by atoms with van der Waals surface area (Å²) in [5.41, 5.74) is 3.04. The molecule has 0 spiro atoms. The second kappa shape index (κ2) is 6.17. The smallest absolute Gasteiger partial charge is 0.267 e. The van der Waals surface area contributed by atoms with Gasteiger partial charge in [0.25, 0.3) is 5.91 Å². The van der Waals surface area contributed by atoms with Crippen LogP contribution in [0.2, 0.25) is 5.02 Å². The van der Waals surface area contributed by atoms with E-state index < -0.39 is 0 Å². The van der Waals surface area contributed by atoms with Gasteiger partial charge in [-0.05, 0) is 47.9 Å². The van der Waals surface area contributed by atoms with E-state index >= 15 is 0 Å². The highest BCUT2D eigenvalue weighted by Crippen LogP contribution is 2.40. The minimum absolute atomic E-state index is 0.163. The Morgan fingerprint density at radius 1 is 1.00 bits per heavy atom. The minimum atomic E-state index is -0.163. The number of carbonyl (C=O) groups is 1. The lowest BCUT2D eigenvalue weighted by Gasteiger charge is -2.09. The number of aryl methyl sites for hydroxylation is 1. The van der Waals surface area contributed by atoms with Crippen molar-refractivity contribution in [3.05, 3.63) is 75.6 Å². The van der Waals surface area contributed by atoms with Crippen LogP contribution in [-0.4, -0.2) is 5.91 Å². The Kier molecular flexibility index (Phi) is 3.98. The van der Waals surface area contributed by atoms with Gasteiger partial charge in [-0.15, -0.1) is 11.3 Å². The van der Waals surface area contributed by atoms with Crippen LogP contribution in [-0.2, 0) is 0 Å². The SMILES string of the molecule is Cc1cccc(NC(=O)c2sc3ccc4ccccc4c3c2Cl)c1C. The molecule has 0 fully saturated rings. The molecular weight excluding hydrogens is 350 g/mol. The monoisotopic (exact) mass is 365 g/mol. The molecule has 1 aromatic heterocycles. The first-order valence-corrected chi connectivity index (χ1v) is 9.23. The van der Waals surface area contributed by atoms with E-state index in [-0.39, 0.29) is 5.91 Å². The molecule has 0 unspecified atom stereocenters. The summed E-state index contributed by atoms with van der Waals surface area (Å²) < 4.78 is 1.02. The van der Waals surface area contributed by atoms with Gasteiger partial charge in [0, 0.05) is 15.8 Å². The van der Waals surface area contributed by atoms with Crippen LogP contribution in [0, 0.1) is 13.8 Å². The molecule has 0 aliphatic heterocycles. The lowest BCUT2D eigenvalue weighted by molar-refractivity contribution is 0.103. The Bertz CT molecular complexity index is 1130. The number of fused-ring (bicyclic) bond motifs is 3. The maximum absolute atomic E-state index is 12.8. The average molecular weight is 366 g/mol. The third-order valence-electron chi connectivity index (χ3n) is 4.58. The molecular formula is C21H16ClNOS. The predicted octanol–water partition coefficient (Wildman–Crippen LogP) is 6.58. The van der Waals surface area contributed by atoms with Gasteiger partial charge in [-0.25, -0.2) is 0 Å². The second-order valence-corrected chi connectivity index (χ2v) is 7.54. The molecule has 0 radical (unpaired) electrons. The highest BCUT2D eigenvalue weighted by molar-refractivity contribution is 7.22. The van der Waals surface area contributed by atoms with Crippen LogP contribution < -0.4 is 5.32 Å². The molecule has 4 heteroatoms. The Morgan fingerprint density at radius 3 is 2.64 bits per heavy atom. The second-order valence-electron chi connectivity index (χ2n) is 6.11. The number of thiophene rings is 1. The van der Waals surface area contributed by atoms with Crippen LogP contribution in [0.1, 0.15) is 20.8 Å². The average Bonchev–Trinajstić information content (AvgIpc) is 2.96. The molecule has 0 aliphatic rings. The number of anilines is 1. The molecule has 124 valence electrons. The Labute approximate surface area is 155 Å². The standard InChI is InChI=1S/C21H16ClNOS/c1-12-6-5-9-16(13(12)2)23-21(24)20-19(22)18-15-8-4-3-7-14(15)10-11-17(18)25-20/h3-11H,1-2H3,(H,23,24). The highest BCUT2D eigenvalue weighted by atomic mass is 35.5. The summed E-state index contributed by atoms with van der Waals surface area (Å²) in [4.78, 5) is 13.4. The third kappa shape index (κ3) is 2.70. The molecule has 1 amide bonds. The van der Waals surface area contributed by atoms with Crippen molar-refractivity contribution in [2.24, 2.45) is 0 Å². The molecule has 4 rings (SSSR count). The lowest BCUT2D eigenvalue weighted by atomic mass is 10.1. The summed E-state index contributed by atoms with van der Waals surface area (Å²) in [5.74, 6) is -0.163. The number of hydrogen-bond acceptors (Lipinski definition) is 2. The van der Waals surface area contributed by atoms with Gasteiger partial charge in [-0.1, -0.05) is 54.1 Å². The first-order valence-electron chi connectivity index (χ1n) is 8.03. The fourth-order valence-electron chi connectivity index (χ4n) is 3.04. The first-order chi connectivity index (χ1) is 12.1. The summed E-state index contributed by atoms with van der Waals surface area (Å²) in [7, 11) is 0. The van der Waals surface area contributed by atoms with Crippen molar-refractivity contribution in [3.8, 4) is 0 Å². The quantitative estimate of drug-likeness (QED) is 0.427. The fourth-order valence-corrected chi connectivity index (χ4v) is 4.51. The zero-order valence-electron chi connectivity index (χ0n) is 13.9. The van der Waals surface area contributed by atoms with E-state index in [1.807, 2.05) is 56.3 Å². The van der Waals surface area contributed by atoms with Gasteiger partial charge >= 0.3 is 0 Å². The molecule has 2 nitrogen and oxygen atoms in total. The zero-order valence-corrected chi connectivity index (χ0v) is 15.5. The van der Waals surface area contributed by atoms with E-state index in [1.165, 1.54) is 11.3 Å². The largest absolute Gasteiger partial charge is 0.321 e. The van der Waals surface area contributed by atoms with Crippen LogP contribution in [0.5, 0.6) is 0 Å². The molecule has 0 bridgehead atoms. The van der Waals surface area contributed by atoms with E-state index in [0.717, 1.165) is 37.7 Å². The van der Waals surface area contributed by atoms with Crippen molar-refractivity contribution in [1.29, 1.82) is 0 Å². The molecule has 3 aromatic carbocycles. The predicted molar refractivity (Wildman–Crippen MR) is 108 cm³/mol. The minimum Gasteiger partial charge on any atom is -0.321 e. The van der Waals surface area contributed by atoms with Gasteiger partial charge in [-0.2, -0.15) is 0 Å². The summed E-state index contributed by atoms with van der Waals surface area (Å²) in [6.07, 6.45) is 0. The van der Waals surface area contributed by atoms with E-state index in [2.05, 4.69) is 17.4 Å². The first kappa shape index (κ1) is 16.1. The van der Waals surface area contributed by atoms with Gasteiger partial charge in [0.15, 0.2) is 0 Å². The van der Waals surface area contributed by atoms with Gasteiger partial charge < -0.3 is 5.32 Å². The molecule has 0 aliphatic carbocycles. The molecule has 1 N–H and O–H groups in total. The van der Waals surface area contributed by atoms with E-state index in [0.29, 0.717) is 9.90 Å². The molecule has 4 aromatic rings. The fraction of sp³-hybridized carbons (Fsp3) is 0.0952. The van der Waals surface area contributed by atoms with Gasteiger partial charge in [0.1, 0.15) is 4.88 Å². The van der Waals surface area contributed by atoms with E-state index in [9.17, 15) is 4.79 Å². The van der Waals surface area contributed by atoms with Crippen molar-refractivity contribution in [1.82, 2.24) is 0 Å². The highest BCUT2D eigenvalue weighted by Gasteiger charge is 2.19. The summed E-state index contributed by atoms with van der Waals surface area (Å²) >= 11 is 8.05. The van der Waals surface area contributed by atoms with Crippen LogP contribution >= 0.6 is 22.9 Å². The Hall–Kier alpha value is -2.36. The normalized spacial score (nSPS) is 11.2.